The van der Waals surface area contributed by atoms with Crippen molar-refractivity contribution in [3.8, 4) is 11.5 Å². The monoisotopic (exact) mass is 300 g/mol. The van der Waals surface area contributed by atoms with Crippen molar-refractivity contribution in [2.75, 3.05) is 0 Å². The van der Waals surface area contributed by atoms with Crippen LogP contribution >= 0.6 is 23.2 Å². The van der Waals surface area contributed by atoms with Gasteiger partial charge >= 0.3 is 0 Å². The summed E-state index contributed by atoms with van der Waals surface area (Å²) < 4.78 is 1.50. The van der Waals surface area contributed by atoms with Crippen molar-refractivity contribution in [1.82, 2.24) is 9.78 Å². The molecule has 0 saturated heterocycles. The average Bonchev–Trinajstić information content (AvgIpc) is 2.88. The molecule has 0 fully saturated rings. The minimum Gasteiger partial charge on any atom is -0.504 e. The Hall–Kier alpha value is -1.72. The molecule has 5 nitrogen and oxygen atoms in total. The predicted molar refractivity (Wildman–Crippen MR) is 71.1 cm³/mol. The van der Waals surface area contributed by atoms with E-state index in [0.717, 1.165) is 6.07 Å². The zero-order valence-electron chi connectivity index (χ0n) is 9.89. The summed E-state index contributed by atoms with van der Waals surface area (Å²) in [5.74, 6) is -1.48. The molecule has 1 aromatic carbocycles. The van der Waals surface area contributed by atoms with Crippen LogP contribution in [0.2, 0.25) is 10.0 Å². The maximum atomic E-state index is 12.3. The van der Waals surface area contributed by atoms with Crippen LogP contribution in [0, 0.1) is 0 Å². The van der Waals surface area contributed by atoms with E-state index in [4.69, 9.17) is 23.2 Å². The summed E-state index contributed by atoms with van der Waals surface area (Å²) in [4.78, 5) is 12.3. The topological polar surface area (TPSA) is 75.4 Å². The van der Waals surface area contributed by atoms with E-state index in [-0.39, 0.29) is 15.6 Å². The lowest BCUT2D eigenvalue weighted by Gasteiger charge is -2.09. The van der Waals surface area contributed by atoms with Gasteiger partial charge in [-0.05, 0) is 19.1 Å². The van der Waals surface area contributed by atoms with E-state index in [1.807, 2.05) is 6.92 Å². The Kier molecular flexibility index (Phi) is 3.68. The fourth-order valence-corrected chi connectivity index (χ4v) is 2.11. The molecule has 0 aliphatic rings. The highest BCUT2D eigenvalue weighted by Crippen LogP contribution is 2.41. The van der Waals surface area contributed by atoms with Crippen LogP contribution in [0.15, 0.2) is 18.3 Å². The third-order valence-corrected chi connectivity index (χ3v) is 3.51. The predicted octanol–water partition coefficient (Wildman–Crippen LogP) is 2.85. The van der Waals surface area contributed by atoms with Crippen molar-refractivity contribution in [3.63, 3.8) is 0 Å². The molecule has 2 N–H and O–H groups in total. The molecule has 0 bridgehead atoms. The van der Waals surface area contributed by atoms with E-state index in [1.165, 1.54) is 10.9 Å². The van der Waals surface area contributed by atoms with Gasteiger partial charge in [-0.2, -0.15) is 5.10 Å². The highest BCUT2D eigenvalue weighted by molar-refractivity contribution is 6.45. The fraction of sp³-hybridized carbons (Fsp3) is 0.167. The van der Waals surface area contributed by atoms with Gasteiger partial charge in [0.15, 0.2) is 11.5 Å². The summed E-state index contributed by atoms with van der Waals surface area (Å²) in [5, 5.41) is 22.6. The number of carbonyl (C=O) groups excluding carboxylic acids is 1. The smallest absolute Gasteiger partial charge is 0.212 e. The summed E-state index contributed by atoms with van der Waals surface area (Å²) >= 11 is 11.7. The Morgan fingerprint density at radius 3 is 2.68 bits per heavy atom. The normalized spacial score (nSPS) is 10.7. The van der Waals surface area contributed by atoms with Gasteiger partial charge in [0.1, 0.15) is 10.7 Å². The molecule has 0 aliphatic carbocycles. The molecule has 2 rings (SSSR count). The fourth-order valence-electron chi connectivity index (χ4n) is 1.68. The number of aromatic nitrogens is 2. The molecule has 2 aromatic rings. The van der Waals surface area contributed by atoms with Gasteiger partial charge in [0.25, 0.3) is 0 Å². The summed E-state index contributed by atoms with van der Waals surface area (Å²) in [5.41, 5.74) is 0.336. The van der Waals surface area contributed by atoms with Gasteiger partial charge in [0.05, 0.1) is 5.02 Å². The van der Waals surface area contributed by atoms with Gasteiger partial charge in [-0.25, -0.2) is 0 Å². The van der Waals surface area contributed by atoms with Crippen molar-refractivity contribution < 1.29 is 15.0 Å². The molecule has 7 heteroatoms. The first-order valence-corrected chi connectivity index (χ1v) is 6.19. The van der Waals surface area contributed by atoms with Crippen LogP contribution in [0.5, 0.6) is 11.5 Å². The number of phenolic OH excluding ortho intramolecular Hbond substituents is 2. The van der Waals surface area contributed by atoms with Crippen molar-refractivity contribution in [1.29, 1.82) is 0 Å². The van der Waals surface area contributed by atoms with E-state index in [9.17, 15) is 15.0 Å². The van der Waals surface area contributed by atoms with Gasteiger partial charge in [0.2, 0.25) is 5.78 Å². The highest BCUT2D eigenvalue weighted by atomic mass is 35.5. The first-order chi connectivity index (χ1) is 8.97. The standard InChI is InChI=1S/C12H10Cl2N2O3/c1-2-16-7(3-4-15-16)11(18)6-5-8(17)12(19)10(14)9(6)13/h3-5,17,19H,2H2,1H3. The van der Waals surface area contributed by atoms with E-state index in [1.54, 1.807) is 6.07 Å². The highest BCUT2D eigenvalue weighted by Gasteiger charge is 2.22. The molecule has 0 unspecified atom stereocenters. The number of hydrogen-bond acceptors (Lipinski definition) is 4. The Labute approximate surface area is 119 Å². The average molecular weight is 301 g/mol. The number of benzene rings is 1. The van der Waals surface area contributed by atoms with Crippen molar-refractivity contribution in [2.45, 2.75) is 13.5 Å². The first-order valence-electron chi connectivity index (χ1n) is 5.43. The molecule has 0 saturated carbocycles. The number of carbonyl (C=O) groups is 1. The minimum atomic E-state index is -0.549. The molecule has 0 amide bonds. The number of rotatable bonds is 3. The number of aryl methyl sites for hydroxylation is 1. The van der Waals surface area contributed by atoms with Crippen LogP contribution in [0.1, 0.15) is 23.0 Å². The van der Waals surface area contributed by atoms with Crippen LogP contribution in [0.25, 0.3) is 0 Å². The van der Waals surface area contributed by atoms with Crippen molar-refractivity contribution >= 4 is 29.0 Å². The van der Waals surface area contributed by atoms with E-state index < -0.39 is 17.3 Å². The number of aromatic hydroxyl groups is 2. The van der Waals surface area contributed by atoms with Crippen LogP contribution < -0.4 is 0 Å². The molecule has 0 aliphatic heterocycles. The van der Waals surface area contributed by atoms with E-state index in [0.29, 0.717) is 12.2 Å². The Morgan fingerprint density at radius 1 is 1.37 bits per heavy atom. The van der Waals surface area contributed by atoms with Gasteiger partial charge < -0.3 is 10.2 Å². The zero-order valence-corrected chi connectivity index (χ0v) is 11.4. The zero-order chi connectivity index (χ0) is 14.2. The largest absolute Gasteiger partial charge is 0.504 e. The molecule has 0 atom stereocenters. The first kappa shape index (κ1) is 13.7. The van der Waals surface area contributed by atoms with E-state index in [2.05, 4.69) is 5.10 Å². The molecular formula is C12H10Cl2N2O3. The Morgan fingerprint density at radius 2 is 2.05 bits per heavy atom. The second kappa shape index (κ2) is 5.11. The molecule has 1 heterocycles. The molecule has 19 heavy (non-hydrogen) atoms. The lowest BCUT2D eigenvalue weighted by Crippen LogP contribution is -2.11. The third kappa shape index (κ3) is 2.27. The Balaban J connectivity index is 2.57. The molecule has 100 valence electrons. The summed E-state index contributed by atoms with van der Waals surface area (Å²) in [6.07, 6.45) is 1.49. The number of phenols is 2. The van der Waals surface area contributed by atoms with Crippen LogP contribution in [-0.2, 0) is 6.54 Å². The third-order valence-electron chi connectivity index (χ3n) is 2.65. The van der Waals surface area contributed by atoms with Gasteiger partial charge in [-0.3, -0.25) is 9.48 Å². The van der Waals surface area contributed by atoms with Gasteiger partial charge in [-0.15, -0.1) is 0 Å². The second-order valence-corrected chi connectivity index (χ2v) is 4.54. The molecule has 0 spiro atoms. The summed E-state index contributed by atoms with van der Waals surface area (Å²) in [6, 6.07) is 2.62. The number of ketones is 1. The van der Waals surface area contributed by atoms with Crippen LogP contribution in [0.4, 0.5) is 0 Å². The van der Waals surface area contributed by atoms with Crippen LogP contribution in [0.3, 0.4) is 0 Å². The second-order valence-electron chi connectivity index (χ2n) is 3.78. The quantitative estimate of drug-likeness (QED) is 0.675. The maximum Gasteiger partial charge on any atom is 0.212 e. The number of hydrogen-bond donors (Lipinski definition) is 2. The SMILES string of the molecule is CCn1nccc1C(=O)c1cc(O)c(O)c(Cl)c1Cl. The van der Waals surface area contributed by atoms with Crippen molar-refractivity contribution in [2.24, 2.45) is 0 Å². The van der Waals surface area contributed by atoms with Crippen molar-refractivity contribution in [3.05, 3.63) is 39.6 Å². The summed E-state index contributed by atoms with van der Waals surface area (Å²) in [6.45, 7) is 2.36. The Bertz CT molecular complexity index is 653. The molecule has 0 radical (unpaired) electrons. The van der Waals surface area contributed by atoms with Gasteiger partial charge in [-0.1, -0.05) is 23.2 Å². The lowest BCUT2D eigenvalue weighted by molar-refractivity contribution is 0.102. The molecular weight excluding hydrogens is 291 g/mol. The lowest BCUT2D eigenvalue weighted by atomic mass is 10.1. The van der Waals surface area contributed by atoms with E-state index >= 15 is 0 Å². The summed E-state index contributed by atoms with van der Waals surface area (Å²) in [7, 11) is 0. The van der Waals surface area contributed by atoms with Crippen LogP contribution in [-0.4, -0.2) is 25.8 Å². The maximum absolute atomic E-state index is 12.3. The van der Waals surface area contributed by atoms with Gasteiger partial charge in [0, 0.05) is 18.3 Å². The minimum absolute atomic E-state index is 0.0113. The molecule has 1 aromatic heterocycles. The number of halogens is 2. The number of nitrogens with zero attached hydrogens (tertiary/aromatic N) is 2.